The molecule has 0 bridgehead atoms. The number of rotatable bonds is 7. The van der Waals surface area contributed by atoms with Gasteiger partial charge in [0.15, 0.2) is 0 Å². The Labute approximate surface area is 202 Å². The minimum atomic E-state index is -0.559. The van der Waals surface area contributed by atoms with Crippen molar-refractivity contribution in [1.29, 1.82) is 0 Å². The minimum absolute atomic E-state index is 0.0141. The maximum atomic E-state index is 14.3. The summed E-state index contributed by atoms with van der Waals surface area (Å²) in [5.74, 6) is -0.355. The van der Waals surface area contributed by atoms with Gasteiger partial charge in [0.25, 0.3) is 5.91 Å². The smallest absolute Gasteiger partial charge is 0.257 e. The van der Waals surface area contributed by atoms with Crippen LogP contribution in [0, 0.1) is 12.7 Å². The maximum absolute atomic E-state index is 14.3. The molecule has 1 fully saturated rings. The Balaban J connectivity index is 1.34. The highest BCUT2D eigenvalue weighted by molar-refractivity contribution is 7.10. The first-order valence-corrected chi connectivity index (χ1v) is 12.5. The van der Waals surface area contributed by atoms with E-state index < -0.39 is 11.7 Å². The second-order valence-corrected chi connectivity index (χ2v) is 9.92. The molecule has 2 amide bonds. The molecule has 1 aromatic heterocycles. The molecule has 0 spiro atoms. The van der Waals surface area contributed by atoms with Crippen molar-refractivity contribution >= 4 is 23.2 Å². The van der Waals surface area contributed by atoms with Crippen LogP contribution >= 0.6 is 11.3 Å². The molecule has 176 valence electrons. The molecule has 1 aliphatic carbocycles. The second kappa shape index (κ2) is 9.58. The van der Waals surface area contributed by atoms with Crippen molar-refractivity contribution in [3.63, 3.8) is 0 Å². The van der Waals surface area contributed by atoms with Crippen LogP contribution < -0.4 is 4.74 Å². The predicted octanol–water partition coefficient (Wildman–Crippen LogP) is 5.01. The van der Waals surface area contributed by atoms with E-state index in [2.05, 4.69) is 11.4 Å². The first-order valence-electron chi connectivity index (χ1n) is 11.6. The lowest BCUT2D eigenvalue weighted by Gasteiger charge is -2.37. The highest BCUT2D eigenvalue weighted by Crippen LogP contribution is 2.35. The Hall–Kier alpha value is -3.19. The lowest BCUT2D eigenvalue weighted by molar-refractivity contribution is -0.135. The molecule has 7 heteroatoms. The fraction of sp³-hybridized carbons (Fsp3) is 0.333. The van der Waals surface area contributed by atoms with E-state index in [1.165, 1.54) is 17.0 Å². The van der Waals surface area contributed by atoms with Gasteiger partial charge in [0.2, 0.25) is 5.91 Å². The molecule has 34 heavy (non-hydrogen) atoms. The number of thiophene rings is 1. The molecular weight excluding hydrogens is 451 g/mol. The van der Waals surface area contributed by atoms with E-state index in [-0.39, 0.29) is 30.1 Å². The lowest BCUT2D eigenvalue weighted by Crippen LogP contribution is -2.48. The van der Waals surface area contributed by atoms with E-state index in [9.17, 15) is 14.0 Å². The zero-order chi connectivity index (χ0) is 23.7. The van der Waals surface area contributed by atoms with Gasteiger partial charge in [-0.05, 0) is 67.5 Å². The number of carbonyl (C=O) groups is 2. The standard InChI is InChI=1S/C27H27FN2O3S/c1-18-6-10-20(11-7-18)33-17-24-22-13-15-34-25(22)12-14-29(24)26(31)16-30(19-8-9-19)27(32)21-4-2-3-5-23(21)28/h2-7,10-11,13,15,19,24H,8-9,12,14,16-17H2,1H3/t24-/m1/s1. The average molecular weight is 479 g/mol. The molecule has 1 saturated carbocycles. The summed E-state index contributed by atoms with van der Waals surface area (Å²) in [7, 11) is 0. The number of ether oxygens (including phenoxy) is 1. The maximum Gasteiger partial charge on any atom is 0.257 e. The minimum Gasteiger partial charge on any atom is -0.491 e. The van der Waals surface area contributed by atoms with Crippen LogP contribution in [0.15, 0.2) is 60.0 Å². The molecular formula is C27H27FN2O3S. The van der Waals surface area contributed by atoms with Crippen molar-refractivity contribution in [1.82, 2.24) is 9.80 Å². The summed E-state index contributed by atoms with van der Waals surface area (Å²) < 4.78 is 20.4. The predicted molar refractivity (Wildman–Crippen MR) is 130 cm³/mol. The van der Waals surface area contributed by atoms with Crippen molar-refractivity contribution in [2.24, 2.45) is 0 Å². The molecule has 1 atom stereocenters. The average Bonchev–Trinajstić information content (AvgIpc) is 3.57. The first kappa shape index (κ1) is 22.6. The molecule has 3 aromatic rings. The fourth-order valence-corrected chi connectivity index (χ4v) is 5.39. The summed E-state index contributed by atoms with van der Waals surface area (Å²) in [6.07, 6.45) is 2.45. The summed E-state index contributed by atoms with van der Waals surface area (Å²) in [4.78, 5) is 31.3. The number of hydrogen-bond donors (Lipinski definition) is 0. The quantitative estimate of drug-likeness (QED) is 0.480. The Bertz CT molecular complexity index is 1190. The number of nitrogens with zero attached hydrogens (tertiary/aromatic N) is 2. The van der Waals surface area contributed by atoms with E-state index in [1.807, 2.05) is 36.1 Å². The summed E-state index contributed by atoms with van der Waals surface area (Å²) in [5.41, 5.74) is 2.27. The number of amides is 2. The lowest BCUT2D eigenvalue weighted by atomic mass is 10.00. The number of halogens is 1. The van der Waals surface area contributed by atoms with Crippen molar-refractivity contribution < 1.29 is 18.7 Å². The van der Waals surface area contributed by atoms with Crippen molar-refractivity contribution in [2.75, 3.05) is 19.7 Å². The van der Waals surface area contributed by atoms with Crippen LogP contribution in [0.1, 0.15) is 45.2 Å². The Morgan fingerprint density at radius 2 is 1.88 bits per heavy atom. The van der Waals surface area contributed by atoms with Crippen LogP contribution in [0.25, 0.3) is 0 Å². The monoisotopic (exact) mass is 478 g/mol. The molecule has 2 aromatic carbocycles. The van der Waals surface area contributed by atoms with Crippen LogP contribution in [0.5, 0.6) is 5.75 Å². The SMILES string of the molecule is Cc1ccc(OC[C@@H]2c3ccsc3CCN2C(=O)CN(C(=O)c2ccccc2F)C2CC2)cc1. The normalized spacial score (nSPS) is 17.2. The summed E-state index contributed by atoms with van der Waals surface area (Å²) in [6.45, 7) is 2.87. The van der Waals surface area contributed by atoms with Gasteiger partial charge in [0.05, 0.1) is 11.6 Å². The molecule has 1 aliphatic heterocycles. The second-order valence-electron chi connectivity index (χ2n) is 8.92. The Morgan fingerprint density at radius 3 is 2.62 bits per heavy atom. The highest BCUT2D eigenvalue weighted by atomic mass is 32.1. The number of carbonyl (C=O) groups excluding carboxylic acids is 2. The van der Waals surface area contributed by atoms with Gasteiger partial charge in [0.1, 0.15) is 24.7 Å². The number of benzene rings is 2. The van der Waals surface area contributed by atoms with E-state index in [1.54, 1.807) is 28.4 Å². The van der Waals surface area contributed by atoms with Gasteiger partial charge < -0.3 is 14.5 Å². The fourth-order valence-electron chi connectivity index (χ4n) is 4.46. The van der Waals surface area contributed by atoms with Gasteiger partial charge in [-0.3, -0.25) is 9.59 Å². The molecule has 0 N–H and O–H groups in total. The number of aryl methyl sites for hydroxylation is 1. The Kier molecular flexibility index (Phi) is 6.37. The molecule has 0 radical (unpaired) electrons. The molecule has 0 saturated heterocycles. The zero-order valence-corrected chi connectivity index (χ0v) is 19.9. The third-order valence-electron chi connectivity index (χ3n) is 6.50. The third kappa shape index (κ3) is 4.71. The van der Waals surface area contributed by atoms with E-state index in [0.717, 1.165) is 36.1 Å². The van der Waals surface area contributed by atoms with Crippen molar-refractivity contribution in [3.05, 3.63) is 87.4 Å². The van der Waals surface area contributed by atoms with Crippen LogP contribution in [-0.2, 0) is 11.2 Å². The topological polar surface area (TPSA) is 49.9 Å². The summed E-state index contributed by atoms with van der Waals surface area (Å²) >= 11 is 1.70. The number of fused-ring (bicyclic) bond motifs is 1. The molecule has 0 unspecified atom stereocenters. The van der Waals surface area contributed by atoms with Crippen molar-refractivity contribution in [2.45, 2.75) is 38.3 Å². The van der Waals surface area contributed by atoms with Crippen molar-refractivity contribution in [3.8, 4) is 5.75 Å². The zero-order valence-electron chi connectivity index (χ0n) is 19.1. The summed E-state index contributed by atoms with van der Waals surface area (Å²) in [6, 6.07) is 15.6. The van der Waals surface area contributed by atoms with Crippen LogP contribution in [0.4, 0.5) is 4.39 Å². The molecule has 5 rings (SSSR count). The van der Waals surface area contributed by atoms with Gasteiger partial charge in [0, 0.05) is 17.5 Å². The van der Waals surface area contributed by atoms with Gasteiger partial charge in [-0.2, -0.15) is 0 Å². The largest absolute Gasteiger partial charge is 0.491 e. The summed E-state index contributed by atoms with van der Waals surface area (Å²) in [5, 5.41) is 2.05. The van der Waals surface area contributed by atoms with Crippen LogP contribution in [0.2, 0.25) is 0 Å². The van der Waals surface area contributed by atoms with Gasteiger partial charge in [-0.15, -0.1) is 11.3 Å². The molecule has 2 heterocycles. The third-order valence-corrected chi connectivity index (χ3v) is 7.50. The Morgan fingerprint density at radius 1 is 1.12 bits per heavy atom. The van der Waals surface area contributed by atoms with Gasteiger partial charge >= 0.3 is 0 Å². The van der Waals surface area contributed by atoms with E-state index in [4.69, 9.17) is 4.74 Å². The van der Waals surface area contributed by atoms with Gasteiger partial charge in [-0.25, -0.2) is 4.39 Å². The van der Waals surface area contributed by atoms with E-state index >= 15 is 0 Å². The highest BCUT2D eigenvalue weighted by Gasteiger charge is 2.38. The molecule has 2 aliphatic rings. The van der Waals surface area contributed by atoms with Crippen LogP contribution in [0.3, 0.4) is 0 Å². The molecule has 5 nitrogen and oxygen atoms in total. The number of hydrogen-bond acceptors (Lipinski definition) is 4. The van der Waals surface area contributed by atoms with Gasteiger partial charge in [-0.1, -0.05) is 29.8 Å². The van der Waals surface area contributed by atoms with Crippen LogP contribution in [-0.4, -0.2) is 47.4 Å². The van der Waals surface area contributed by atoms with E-state index in [0.29, 0.717) is 13.2 Å². The first-order chi connectivity index (χ1) is 16.5.